The third kappa shape index (κ3) is 33.8. The molecular formula is C89H144O22. The van der Waals surface area contributed by atoms with E-state index in [9.17, 15) is 52.7 Å². The van der Waals surface area contributed by atoms with E-state index in [2.05, 4.69) is 92.0 Å². The van der Waals surface area contributed by atoms with Crippen molar-refractivity contribution in [2.45, 2.75) is 322 Å². The summed E-state index contributed by atoms with van der Waals surface area (Å²) in [5.74, 6) is 1.11. The zero-order valence-corrected chi connectivity index (χ0v) is 71.5. The van der Waals surface area contributed by atoms with Crippen molar-refractivity contribution in [3.05, 3.63) is 61.2 Å². The Morgan fingerprint density at radius 1 is 0.423 bits per heavy atom. The van der Waals surface area contributed by atoms with Gasteiger partial charge in [0.1, 0.15) is 38.6 Å². The minimum absolute atomic E-state index is 0.0251. The van der Waals surface area contributed by atoms with Gasteiger partial charge in [-0.05, 0) is 230 Å². The highest BCUT2D eigenvalue weighted by Crippen LogP contribution is 2.61. The summed E-state index contributed by atoms with van der Waals surface area (Å²) in [5, 5.41) is 17.1. The van der Waals surface area contributed by atoms with Crippen LogP contribution in [-0.2, 0) is 101 Å². The van der Waals surface area contributed by atoms with Crippen molar-refractivity contribution in [2.75, 3.05) is 33.0 Å². The van der Waals surface area contributed by atoms with Crippen molar-refractivity contribution in [3.63, 3.8) is 0 Å². The van der Waals surface area contributed by atoms with Crippen LogP contribution < -0.4 is 0 Å². The average Bonchev–Trinajstić information content (AvgIpc) is 1.60. The van der Waals surface area contributed by atoms with Gasteiger partial charge < -0.3 is 52.8 Å². The maximum absolute atomic E-state index is 12.2. The van der Waals surface area contributed by atoms with Crippen molar-refractivity contribution in [1.82, 2.24) is 0 Å². The summed E-state index contributed by atoms with van der Waals surface area (Å²) in [6.45, 7) is 45.5. The Morgan fingerprint density at radius 3 is 1.07 bits per heavy atom. The van der Waals surface area contributed by atoms with Crippen molar-refractivity contribution in [2.24, 2.45) is 80.3 Å². The largest absolute Gasteiger partial charge is 0.481 e. The van der Waals surface area contributed by atoms with E-state index in [1.165, 1.54) is 82.6 Å². The zero-order chi connectivity index (χ0) is 84.3. The lowest BCUT2D eigenvalue weighted by Gasteiger charge is -2.33. The van der Waals surface area contributed by atoms with Gasteiger partial charge >= 0.3 is 65.7 Å². The van der Waals surface area contributed by atoms with Gasteiger partial charge in [-0.2, -0.15) is 0 Å². The van der Waals surface area contributed by atoms with Crippen LogP contribution in [0.1, 0.15) is 298 Å². The molecule has 0 spiro atoms. The monoisotopic (exact) mass is 1570 g/mol. The number of fused-ring (bicyclic) bond motifs is 10. The Hall–Kier alpha value is -7.13. The number of esters is 9. The quantitative estimate of drug-likeness (QED) is 0.0353. The summed E-state index contributed by atoms with van der Waals surface area (Å²) in [4.78, 5) is 126. The molecule has 0 aromatic heterocycles. The third-order valence-corrected chi connectivity index (χ3v) is 24.5. The summed E-state index contributed by atoms with van der Waals surface area (Å²) in [6, 6.07) is 10.7. The highest BCUT2D eigenvalue weighted by molar-refractivity contribution is 5.82. The molecule has 1 aromatic rings. The minimum atomic E-state index is -1.14. The first-order chi connectivity index (χ1) is 51.9. The maximum Gasteiger partial charge on any atom is 0.330 e. The van der Waals surface area contributed by atoms with Gasteiger partial charge in [0.05, 0.1) is 59.4 Å². The fraction of sp³-hybridized carbons (Fsp3) is 0.764. The molecule has 6 fully saturated rings. The van der Waals surface area contributed by atoms with Crippen LogP contribution in [0.2, 0.25) is 0 Å². The van der Waals surface area contributed by atoms with Crippen LogP contribution in [0.15, 0.2) is 55.6 Å². The van der Waals surface area contributed by atoms with Gasteiger partial charge in [0, 0.05) is 12.2 Å². The van der Waals surface area contributed by atoms with E-state index in [1.807, 2.05) is 62.3 Å². The van der Waals surface area contributed by atoms with Gasteiger partial charge in [-0.15, -0.1) is 0 Å². The van der Waals surface area contributed by atoms with Crippen LogP contribution in [0, 0.1) is 80.3 Å². The average molecular weight is 1570 g/mol. The molecule has 0 amide bonds. The molecule has 13 atom stereocenters. The van der Waals surface area contributed by atoms with E-state index in [1.54, 1.807) is 27.7 Å². The molecule has 13 unspecified atom stereocenters. The molecule has 0 heterocycles. The van der Waals surface area contributed by atoms with Crippen molar-refractivity contribution < 1.29 is 106 Å². The molecule has 6 aliphatic carbocycles. The Labute approximate surface area is 665 Å². The fourth-order valence-corrected chi connectivity index (χ4v) is 14.3. The Balaban J connectivity index is 0.000000458. The number of carboxylic acid groups (broad SMARTS) is 2. The lowest BCUT2D eigenvalue weighted by molar-refractivity contribution is -0.170. The van der Waals surface area contributed by atoms with Crippen LogP contribution in [0.4, 0.5) is 0 Å². The van der Waals surface area contributed by atoms with Crippen LogP contribution in [0.5, 0.6) is 0 Å². The number of unbranched alkanes of at least 4 members (excludes halogenated alkanes) is 1. The molecule has 22 heteroatoms. The highest BCUT2D eigenvalue weighted by atomic mass is 16.6. The SMILES string of the molecule is C=CC(=O)OCC(COC(=O)C(C)(C)CC)OC(=O)CCC(=O)O.C=CC(=O)OCC(COC(=O)C(C)(C)CC)OC(=O)CCC(=O)O.CCC(C)(C)C(=O)OC1CC2CC1C1CCCC21.CCC(C)(C)C(=O)OC1CC2CC1C1CCCC21.CCC(C)(C)c1ccccc1.CCCCC(CC)COC(=O)C(C)(C)CC. The molecule has 6 saturated carbocycles. The van der Waals surface area contributed by atoms with Gasteiger partial charge in [-0.1, -0.05) is 145 Å². The number of carboxylic acids is 2. The van der Waals surface area contributed by atoms with E-state index in [-0.39, 0.29) is 98.5 Å². The molecule has 1 aromatic carbocycles. The van der Waals surface area contributed by atoms with E-state index in [0.717, 1.165) is 86.2 Å². The van der Waals surface area contributed by atoms with E-state index in [4.69, 9.17) is 52.8 Å². The molecule has 22 nitrogen and oxygen atoms in total. The number of aliphatic carboxylic acids is 2. The van der Waals surface area contributed by atoms with Gasteiger partial charge in [0.15, 0.2) is 12.2 Å². The van der Waals surface area contributed by atoms with Crippen LogP contribution in [-0.4, -0.2) is 133 Å². The Morgan fingerprint density at radius 2 is 0.757 bits per heavy atom. The minimum Gasteiger partial charge on any atom is -0.481 e. The smallest absolute Gasteiger partial charge is 0.330 e. The molecule has 2 N–H and O–H groups in total. The molecular weight excluding hydrogens is 1420 g/mol. The topological polar surface area (TPSA) is 311 Å². The fourth-order valence-electron chi connectivity index (χ4n) is 14.3. The number of benzene rings is 1. The lowest BCUT2D eigenvalue weighted by atomic mass is 9.80. The summed E-state index contributed by atoms with van der Waals surface area (Å²) in [6.07, 6.45) is 21.9. The van der Waals surface area contributed by atoms with Gasteiger partial charge in [-0.25, -0.2) is 9.59 Å². The van der Waals surface area contributed by atoms with Crippen molar-refractivity contribution >= 4 is 65.7 Å². The zero-order valence-electron chi connectivity index (χ0n) is 71.5. The molecule has 0 aliphatic heterocycles. The van der Waals surface area contributed by atoms with Crippen LogP contribution >= 0.6 is 0 Å². The first-order valence-electron chi connectivity index (χ1n) is 41.3. The second-order valence-electron chi connectivity index (χ2n) is 34.9. The predicted octanol–water partition coefficient (Wildman–Crippen LogP) is 18.1. The second kappa shape index (κ2) is 48.2. The third-order valence-electron chi connectivity index (χ3n) is 24.5. The molecule has 7 rings (SSSR count). The van der Waals surface area contributed by atoms with Gasteiger partial charge in [0.2, 0.25) is 0 Å². The summed E-state index contributed by atoms with van der Waals surface area (Å²) < 4.78 is 46.9. The summed E-state index contributed by atoms with van der Waals surface area (Å²) in [5.41, 5.74) is -0.578. The number of carbonyl (C=O) groups excluding carboxylic acids is 9. The highest BCUT2D eigenvalue weighted by Gasteiger charge is 2.57. The number of rotatable bonds is 38. The van der Waals surface area contributed by atoms with Crippen LogP contribution in [0.25, 0.3) is 0 Å². The molecule has 632 valence electrons. The van der Waals surface area contributed by atoms with E-state index in [0.29, 0.717) is 42.6 Å². The molecule has 111 heavy (non-hydrogen) atoms. The Bertz CT molecular complexity index is 2950. The van der Waals surface area contributed by atoms with Crippen LogP contribution in [0.3, 0.4) is 0 Å². The second-order valence-corrected chi connectivity index (χ2v) is 34.9. The maximum atomic E-state index is 12.2. The van der Waals surface area contributed by atoms with Gasteiger partial charge in [-0.3, -0.25) is 43.2 Å². The summed E-state index contributed by atoms with van der Waals surface area (Å²) in [7, 11) is 0. The first kappa shape index (κ1) is 99.9. The van der Waals surface area contributed by atoms with Crippen molar-refractivity contribution in [1.29, 1.82) is 0 Å². The first-order valence-corrected chi connectivity index (χ1v) is 41.3. The summed E-state index contributed by atoms with van der Waals surface area (Å²) >= 11 is 0. The van der Waals surface area contributed by atoms with Crippen molar-refractivity contribution in [3.8, 4) is 0 Å². The molecule has 0 radical (unpaired) electrons. The molecule has 4 bridgehead atoms. The number of hydrogen-bond donors (Lipinski definition) is 2. The Kier molecular flexibility index (Phi) is 43.4. The number of carbonyl (C=O) groups is 11. The molecule has 0 saturated heterocycles. The normalized spacial score (nSPS) is 21.9. The number of hydrogen-bond acceptors (Lipinski definition) is 20. The van der Waals surface area contributed by atoms with E-state index >= 15 is 0 Å². The molecule has 6 aliphatic rings. The lowest BCUT2D eigenvalue weighted by Crippen LogP contribution is -2.36. The number of ether oxygens (including phenoxy) is 9. The van der Waals surface area contributed by atoms with Gasteiger partial charge in [0.25, 0.3) is 0 Å². The predicted molar refractivity (Wildman–Crippen MR) is 426 cm³/mol. The standard InChI is InChI=1S/2C16H24O8.2C16H26O2.C14H28O2.C11H16/c2*1-5-13(19)22-9-11(24-14(20)8-7-12(17)18)10-23-15(21)16(3,4)6-2;2*1-4-16(2,3)15(17)18-14-9-10-8-13(14)12-7-5-6-11(10)12;1-6-9-10-12(7-2)11-16-13(15)14(4,5)8-3;1-4-11(2,3)10-8-6-5-7-9-10/h2*5,11H,1,6-10H2,2-4H3,(H,17,18);2*10-14H,4-9H2,1-3H3;12H,6-11H2,1-5H3;5-9H,4H2,1-3H3. The van der Waals surface area contributed by atoms with E-state index < -0.39 is 70.8 Å².